The van der Waals surface area contributed by atoms with E-state index in [1.54, 1.807) is 25.1 Å². The highest BCUT2D eigenvalue weighted by Crippen LogP contribution is 2.20. The molecule has 1 aromatic rings. The zero-order valence-corrected chi connectivity index (χ0v) is 12.3. The van der Waals surface area contributed by atoms with Crippen molar-refractivity contribution in [3.05, 3.63) is 28.8 Å². The van der Waals surface area contributed by atoms with Crippen molar-refractivity contribution in [1.82, 2.24) is 5.32 Å². The highest BCUT2D eigenvalue weighted by molar-refractivity contribution is 6.32. The van der Waals surface area contributed by atoms with E-state index < -0.39 is 0 Å². The van der Waals surface area contributed by atoms with Gasteiger partial charge in [-0.25, -0.2) is 0 Å². The van der Waals surface area contributed by atoms with Crippen LogP contribution in [0.5, 0.6) is 0 Å². The van der Waals surface area contributed by atoms with Crippen molar-refractivity contribution < 1.29 is 4.79 Å². The lowest BCUT2D eigenvalue weighted by molar-refractivity contribution is -0.122. The SMILES string of the molecule is CC(Nc1ccc(C#N)c(Cl)c1)C(=O)NC(C)(C)C. The number of hydrogen-bond acceptors (Lipinski definition) is 3. The average molecular weight is 280 g/mol. The molecule has 102 valence electrons. The molecule has 2 N–H and O–H groups in total. The van der Waals surface area contributed by atoms with Gasteiger partial charge in [-0.05, 0) is 45.9 Å². The zero-order chi connectivity index (χ0) is 14.6. The minimum atomic E-state index is -0.386. The van der Waals surface area contributed by atoms with Crippen LogP contribution < -0.4 is 10.6 Å². The predicted molar refractivity (Wildman–Crippen MR) is 77.1 cm³/mol. The molecule has 5 heteroatoms. The number of carbonyl (C=O) groups excluding carboxylic acids is 1. The average Bonchev–Trinajstić information content (AvgIpc) is 2.27. The fourth-order valence-electron chi connectivity index (χ4n) is 1.49. The molecule has 1 aromatic carbocycles. The van der Waals surface area contributed by atoms with Crippen molar-refractivity contribution in [3.8, 4) is 6.07 Å². The van der Waals surface area contributed by atoms with Crippen LogP contribution in [0.25, 0.3) is 0 Å². The van der Waals surface area contributed by atoms with E-state index in [0.717, 1.165) is 0 Å². The second-order valence-electron chi connectivity index (χ2n) is 5.41. The molecule has 0 heterocycles. The molecular formula is C14H18ClN3O. The Hall–Kier alpha value is -1.73. The lowest BCUT2D eigenvalue weighted by Crippen LogP contribution is -2.47. The number of nitriles is 1. The van der Waals surface area contributed by atoms with Crippen molar-refractivity contribution in [2.75, 3.05) is 5.32 Å². The minimum absolute atomic E-state index is 0.0898. The first kappa shape index (κ1) is 15.3. The van der Waals surface area contributed by atoms with Crippen LogP contribution in [0, 0.1) is 11.3 Å². The van der Waals surface area contributed by atoms with Crippen molar-refractivity contribution in [3.63, 3.8) is 0 Å². The van der Waals surface area contributed by atoms with Gasteiger partial charge in [-0.2, -0.15) is 5.26 Å². The lowest BCUT2D eigenvalue weighted by atomic mass is 10.1. The highest BCUT2D eigenvalue weighted by Gasteiger charge is 2.19. The Morgan fingerprint density at radius 1 is 1.42 bits per heavy atom. The van der Waals surface area contributed by atoms with Gasteiger partial charge in [-0.3, -0.25) is 4.79 Å². The summed E-state index contributed by atoms with van der Waals surface area (Å²) in [5.74, 6) is -0.0898. The van der Waals surface area contributed by atoms with E-state index in [1.807, 2.05) is 26.8 Å². The normalized spacial score (nSPS) is 12.4. The molecule has 0 fully saturated rings. The molecule has 1 rings (SSSR count). The van der Waals surface area contributed by atoms with Crippen molar-refractivity contribution >= 4 is 23.2 Å². The van der Waals surface area contributed by atoms with Crippen molar-refractivity contribution in [2.24, 2.45) is 0 Å². The van der Waals surface area contributed by atoms with Crippen LogP contribution in [0.1, 0.15) is 33.3 Å². The molecular weight excluding hydrogens is 262 g/mol. The van der Waals surface area contributed by atoms with E-state index in [2.05, 4.69) is 10.6 Å². The summed E-state index contributed by atoms with van der Waals surface area (Å²) in [5, 5.41) is 15.1. The van der Waals surface area contributed by atoms with Crippen LogP contribution in [0.3, 0.4) is 0 Å². The number of benzene rings is 1. The Balaban J connectivity index is 2.72. The maximum Gasteiger partial charge on any atom is 0.242 e. The molecule has 0 bridgehead atoms. The quantitative estimate of drug-likeness (QED) is 0.894. The molecule has 19 heavy (non-hydrogen) atoms. The summed E-state index contributed by atoms with van der Waals surface area (Å²) < 4.78 is 0. The fraction of sp³-hybridized carbons (Fsp3) is 0.429. The highest BCUT2D eigenvalue weighted by atomic mass is 35.5. The minimum Gasteiger partial charge on any atom is -0.374 e. The van der Waals surface area contributed by atoms with Crippen LogP contribution >= 0.6 is 11.6 Å². The summed E-state index contributed by atoms with van der Waals surface area (Å²) in [6, 6.07) is 6.60. The molecule has 0 aliphatic heterocycles. The van der Waals surface area contributed by atoms with Crippen LogP contribution in [0.15, 0.2) is 18.2 Å². The summed E-state index contributed by atoms with van der Waals surface area (Å²) >= 11 is 5.94. The predicted octanol–water partition coefficient (Wildman–Crippen LogP) is 2.93. The second kappa shape index (κ2) is 5.94. The van der Waals surface area contributed by atoms with E-state index in [-0.39, 0.29) is 17.5 Å². The van der Waals surface area contributed by atoms with Gasteiger partial charge >= 0.3 is 0 Å². The molecule has 1 unspecified atom stereocenters. The molecule has 0 saturated carbocycles. The van der Waals surface area contributed by atoms with E-state index in [1.165, 1.54) is 0 Å². The third-order valence-corrected chi connectivity index (χ3v) is 2.68. The number of carbonyl (C=O) groups is 1. The van der Waals surface area contributed by atoms with Crippen molar-refractivity contribution in [2.45, 2.75) is 39.3 Å². The molecule has 0 aliphatic carbocycles. The number of halogens is 1. The summed E-state index contributed by atoms with van der Waals surface area (Å²) in [5.41, 5.74) is 0.856. The van der Waals surface area contributed by atoms with Gasteiger partial charge in [0.2, 0.25) is 5.91 Å². The van der Waals surface area contributed by atoms with Crippen LogP contribution in [0.4, 0.5) is 5.69 Å². The lowest BCUT2D eigenvalue weighted by Gasteiger charge is -2.24. The third kappa shape index (κ3) is 4.80. The molecule has 0 aliphatic rings. The summed E-state index contributed by atoms with van der Waals surface area (Å²) in [6.45, 7) is 7.55. The van der Waals surface area contributed by atoms with Gasteiger partial charge in [0.25, 0.3) is 0 Å². The van der Waals surface area contributed by atoms with Crippen molar-refractivity contribution in [1.29, 1.82) is 5.26 Å². The van der Waals surface area contributed by atoms with E-state index in [9.17, 15) is 4.79 Å². The standard InChI is InChI=1S/C14H18ClN3O/c1-9(13(19)18-14(2,3)4)17-11-6-5-10(8-16)12(15)7-11/h5-7,9,17H,1-4H3,(H,18,19). The number of nitrogens with one attached hydrogen (secondary N) is 2. The van der Waals surface area contributed by atoms with Crippen LogP contribution in [-0.4, -0.2) is 17.5 Å². The topological polar surface area (TPSA) is 64.9 Å². The maximum absolute atomic E-state index is 11.9. The first-order valence-corrected chi connectivity index (χ1v) is 6.39. The molecule has 0 radical (unpaired) electrons. The smallest absolute Gasteiger partial charge is 0.242 e. The number of nitrogens with zero attached hydrogens (tertiary/aromatic N) is 1. The molecule has 4 nitrogen and oxygen atoms in total. The molecule has 0 spiro atoms. The van der Waals surface area contributed by atoms with Gasteiger partial charge in [-0.1, -0.05) is 11.6 Å². The van der Waals surface area contributed by atoms with Gasteiger partial charge in [0.05, 0.1) is 10.6 Å². The first-order chi connectivity index (χ1) is 8.73. The Bertz CT molecular complexity index is 514. The van der Waals surface area contributed by atoms with Gasteiger partial charge in [0, 0.05) is 11.2 Å². The first-order valence-electron chi connectivity index (χ1n) is 6.01. The largest absolute Gasteiger partial charge is 0.374 e. The molecule has 0 saturated heterocycles. The fourth-order valence-corrected chi connectivity index (χ4v) is 1.71. The molecule has 1 amide bonds. The van der Waals surface area contributed by atoms with Gasteiger partial charge in [0.15, 0.2) is 0 Å². The Morgan fingerprint density at radius 2 is 2.05 bits per heavy atom. The van der Waals surface area contributed by atoms with E-state index in [0.29, 0.717) is 16.3 Å². The van der Waals surface area contributed by atoms with Gasteiger partial charge < -0.3 is 10.6 Å². The zero-order valence-electron chi connectivity index (χ0n) is 11.5. The number of hydrogen-bond donors (Lipinski definition) is 2. The third-order valence-electron chi connectivity index (χ3n) is 2.36. The molecule has 0 aromatic heterocycles. The van der Waals surface area contributed by atoms with E-state index >= 15 is 0 Å². The second-order valence-corrected chi connectivity index (χ2v) is 5.82. The van der Waals surface area contributed by atoms with E-state index in [4.69, 9.17) is 16.9 Å². The Kier molecular flexibility index (Phi) is 4.79. The number of amides is 1. The Morgan fingerprint density at radius 3 is 2.53 bits per heavy atom. The van der Waals surface area contributed by atoms with Gasteiger partial charge in [-0.15, -0.1) is 0 Å². The van der Waals surface area contributed by atoms with Crippen LogP contribution in [-0.2, 0) is 4.79 Å². The van der Waals surface area contributed by atoms with Crippen LogP contribution in [0.2, 0.25) is 5.02 Å². The molecule has 1 atom stereocenters. The summed E-state index contributed by atoms with van der Waals surface area (Å²) in [6.07, 6.45) is 0. The number of anilines is 1. The maximum atomic E-state index is 11.9. The number of rotatable bonds is 3. The monoisotopic (exact) mass is 279 g/mol. The van der Waals surface area contributed by atoms with Gasteiger partial charge in [0.1, 0.15) is 12.1 Å². The Labute approximate surface area is 118 Å². The summed E-state index contributed by atoms with van der Waals surface area (Å²) in [7, 11) is 0. The summed E-state index contributed by atoms with van der Waals surface area (Å²) in [4.78, 5) is 11.9.